The highest BCUT2D eigenvalue weighted by Gasteiger charge is 1.89. The molecule has 0 saturated carbocycles. The van der Waals surface area contributed by atoms with Crippen LogP contribution in [0.4, 0.5) is 5.69 Å². The van der Waals surface area contributed by atoms with Crippen LogP contribution in [0.15, 0.2) is 24.3 Å². The van der Waals surface area contributed by atoms with Crippen LogP contribution in [-0.2, 0) is 0 Å². The van der Waals surface area contributed by atoms with Gasteiger partial charge in [-0.2, -0.15) is 0 Å². The number of hydrogen-bond acceptors (Lipinski definition) is 1. The molecule has 0 aliphatic heterocycles. The van der Waals surface area contributed by atoms with Crippen molar-refractivity contribution in [3.63, 3.8) is 0 Å². The lowest BCUT2D eigenvalue weighted by Gasteiger charge is -1.95. The Labute approximate surface area is 54.1 Å². The van der Waals surface area contributed by atoms with Crippen molar-refractivity contribution >= 4 is 5.69 Å². The van der Waals surface area contributed by atoms with Crippen molar-refractivity contribution in [3.05, 3.63) is 24.3 Å². The van der Waals surface area contributed by atoms with Gasteiger partial charge in [0.25, 0.3) is 5.75 Å². The van der Waals surface area contributed by atoms with Crippen LogP contribution in [0.3, 0.4) is 0 Å². The molecule has 2 heteroatoms. The summed E-state index contributed by atoms with van der Waals surface area (Å²) in [5.74, 6) is 0.550. The summed E-state index contributed by atoms with van der Waals surface area (Å²) in [6.45, 7) is 0. The smallest absolute Gasteiger partial charge is 0.253 e. The normalized spacial score (nSPS) is 9.00. The van der Waals surface area contributed by atoms with Crippen LogP contribution in [0.25, 0.3) is 0 Å². The van der Waals surface area contributed by atoms with Gasteiger partial charge in [-0.3, -0.25) is 0 Å². The van der Waals surface area contributed by atoms with E-state index in [0.717, 1.165) is 5.69 Å². The summed E-state index contributed by atoms with van der Waals surface area (Å²) < 4.78 is 0. The summed E-state index contributed by atoms with van der Waals surface area (Å²) >= 11 is 0. The zero-order valence-electron chi connectivity index (χ0n) is 5.31. The van der Waals surface area contributed by atoms with E-state index in [4.69, 9.17) is 5.11 Å². The molecular weight excluding hydrogens is 114 g/mol. The van der Waals surface area contributed by atoms with Gasteiger partial charge < -0.3 is 10.4 Å². The largest absolute Gasteiger partial charge is 0.593 e. The summed E-state index contributed by atoms with van der Waals surface area (Å²) in [6.07, 6.45) is 0. The average molecular weight is 124 g/mol. The van der Waals surface area contributed by atoms with Gasteiger partial charge in [0.15, 0.2) is 0 Å². The van der Waals surface area contributed by atoms with Gasteiger partial charge in [-0.15, -0.1) is 0 Å². The molecule has 48 valence electrons. The summed E-state index contributed by atoms with van der Waals surface area (Å²) in [5, 5.41) is 10.1. The van der Waals surface area contributed by atoms with Crippen LogP contribution in [0.5, 0.6) is 5.75 Å². The van der Waals surface area contributed by atoms with Crippen LogP contribution in [0.2, 0.25) is 0 Å². The molecule has 0 atom stereocenters. The van der Waals surface area contributed by atoms with Gasteiger partial charge in [-0.05, 0) is 12.1 Å². The van der Waals surface area contributed by atoms with Gasteiger partial charge in [-0.1, -0.05) is 0 Å². The topological polar surface area (TPSA) is 34.9 Å². The number of nitrogens with one attached hydrogen (secondary N) is 1. The van der Waals surface area contributed by atoms with Crippen LogP contribution >= 0.6 is 0 Å². The summed E-state index contributed by atoms with van der Waals surface area (Å²) in [4.78, 5) is 0. The van der Waals surface area contributed by atoms with Crippen LogP contribution in [-0.4, -0.2) is 12.2 Å². The molecular formula is C7H10NO+. The predicted octanol–water partition coefficient (Wildman–Crippen LogP) is 1.17. The second-order valence-corrected chi connectivity index (χ2v) is 1.83. The Hall–Kier alpha value is -1.18. The summed E-state index contributed by atoms with van der Waals surface area (Å²) in [5.41, 5.74) is 1.05. The number of rotatable bonds is 1. The first-order chi connectivity index (χ1) is 4.33. The van der Waals surface area contributed by atoms with E-state index in [1.165, 1.54) is 0 Å². The maximum absolute atomic E-state index is 7.14. The van der Waals surface area contributed by atoms with E-state index in [2.05, 4.69) is 5.32 Å². The number of benzene rings is 1. The van der Waals surface area contributed by atoms with E-state index in [0.29, 0.717) is 5.75 Å². The molecule has 0 spiro atoms. The van der Waals surface area contributed by atoms with Crippen LogP contribution in [0.1, 0.15) is 0 Å². The SMILES string of the molecule is CNc1ccc([OH2+])cc1. The molecule has 0 bridgehead atoms. The minimum Gasteiger partial charge on any atom is -0.593 e. The molecule has 0 radical (unpaired) electrons. The Morgan fingerprint density at radius 3 is 2.22 bits per heavy atom. The minimum atomic E-state index is 0.550. The molecule has 0 aliphatic carbocycles. The molecule has 1 rings (SSSR count). The molecule has 1 aromatic rings. The van der Waals surface area contributed by atoms with Gasteiger partial charge in [0.05, 0.1) is 0 Å². The third-order valence-corrected chi connectivity index (χ3v) is 1.17. The molecule has 0 aromatic heterocycles. The fourth-order valence-electron chi connectivity index (χ4n) is 0.637. The Kier molecular flexibility index (Phi) is 1.58. The quantitative estimate of drug-likeness (QED) is 0.560. The summed E-state index contributed by atoms with van der Waals surface area (Å²) in [7, 11) is 1.86. The second kappa shape index (κ2) is 2.40. The number of anilines is 1. The van der Waals surface area contributed by atoms with Crippen molar-refractivity contribution in [2.75, 3.05) is 12.4 Å². The van der Waals surface area contributed by atoms with E-state index in [1.54, 1.807) is 12.1 Å². The third kappa shape index (κ3) is 1.35. The molecule has 0 heterocycles. The van der Waals surface area contributed by atoms with Crippen molar-refractivity contribution in [3.8, 4) is 5.75 Å². The molecule has 0 unspecified atom stereocenters. The highest BCUT2D eigenvalue weighted by Crippen LogP contribution is 2.12. The Morgan fingerprint density at radius 2 is 1.78 bits per heavy atom. The van der Waals surface area contributed by atoms with Crippen molar-refractivity contribution in [2.45, 2.75) is 0 Å². The van der Waals surface area contributed by atoms with Crippen molar-refractivity contribution < 1.29 is 5.11 Å². The molecule has 0 aliphatic rings. The molecule has 1 aromatic carbocycles. The molecule has 9 heavy (non-hydrogen) atoms. The van der Waals surface area contributed by atoms with Gasteiger partial charge in [0.1, 0.15) is 0 Å². The standard InChI is InChI=1S/C7H9NO/c1-8-6-2-4-7(9)5-3-6/h2-5,8-9H,1H3/p+1. The monoisotopic (exact) mass is 124 g/mol. The van der Waals surface area contributed by atoms with E-state index >= 15 is 0 Å². The fraction of sp³-hybridized carbons (Fsp3) is 0.143. The lowest BCUT2D eigenvalue weighted by molar-refractivity contribution is 0.475. The minimum absolute atomic E-state index is 0.550. The van der Waals surface area contributed by atoms with E-state index in [-0.39, 0.29) is 0 Å². The van der Waals surface area contributed by atoms with E-state index < -0.39 is 0 Å². The van der Waals surface area contributed by atoms with Gasteiger partial charge >= 0.3 is 0 Å². The molecule has 0 amide bonds. The Balaban J connectivity index is 2.88. The highest BCUT2D eigenvalue weighted by atomic mass is 16.3. The predicted molar refractivity (Wildman–Crippen MR) is 39.0 cm³/mol. The second-order valence-electron chi connectivity index (χ2n) is 1.83. The highest BCUT2D eigenvalue weighted by molar-refractivity contribution is 5.45. The zero-order valence-corrected chi connectivity index (χ0v) is 5.31. The zero-order chi connectivity index (χ0) is 6.69. The van der Waals surface area contributed by atoms with Crippen LogP contribution < -0.4 is 5.32 Å². The van der Waals surface area contributed by atoms with Gasteiger partial charge in [-0.25, -0.2) is 0 Å². The molecule has 2 nitrogen and oxygen atoms in total. The molecule has 0 fully saturated rings. The van der Waals surface area contributed by atoms with Crippen LogP contribution in [0, 0.1) is 0 Å². The molecule has 0 saturated heterocycles. The first-order valence-corrected chi connectivity index (χ1v) is 2.82. The van der Waals surface area contributed by atoms with Crippen molar-refractivity contribution in [1.82, 2.24) is 0 Å². The fourth-order valence-corrected chi connectivity index (χ4v) is 0.637. The average Bonchev–Trinajstić information content (AvgIpc) is 1.90. The van der Waals surface area contributed by atoms with Crippen molar-refractivity contribution in [2.24, 2.45) is 0 Å². The Bertz CT molecular complexity index is 181. The molecule has 3 N–H and O–H groups in total. The summed E-state index contributed by atoms with van der Waals surface area (Å²) in [6, 6.07) is 7.27. The maximum atomic E-state index is 7.14. The lowest BCUT2D eigenvalue weighted by Crippen LogP contribution is -1.84. The van der Waals surface area contributed by atoms with Gasteiger partial charge in [0, 0.05) is 24.9 Å². The number of hydrogen-bond donors (Lipinski definition) is 1. The van der Waals surface area contributed by atoms with E-state index in [1.807, 2.05) is 19.2 Å². The maximum Gasteiger partial charge on any atom is 0.253 e. The van der Waals surface area contributed by atoms with Crippen molar-refractivity contribution in [1.29, 1.82) is 0 Å². The lowest BCUT2D eigenvalue weighted by atomic mass is 10.3. The first-order valence-electron chi connectivity index (χ1n) is 2.82. The first kappa shape index (κ1) is 5.95. The van der Waals surface area contributed by atoms with E-state index in [9.17, 15) is 0 Å². The van der Waals surface area contributed by atoms with Gasteiger partial charge in [0.2, 0.25) is 0 Å². The third-order valence-electron chi connectivity index (χ3n) is 1.17. The Morgan fingerprint density at radius 1 is 1.22 bits per heavy atom.